The Morgan fingerprint density at radius 3 is 2.45 bits per heavy atom. The van der Waals surface area contributed by atoms with Crippen molar-refractivity contribution in [3.63, 3.8) is 0 Å². The summed E-state index contributed by atoms with van der Waals surface area (Å²) in [4.78, 5) is 33.9. The van der Waals surface area contributed by atoms with Crippen molar-refractivity contribution >= 4 is 17.8 Å². The summed E-state index contributed by atoms with van der Waals surface area (Å²) in [6.07, 6.45) is -0.484. The molecule has 4 N–H and O–H groups in total. The third kappa shape index (κ3) is 3.56. The highest BCUT2D eigenvalue weighted by Gasteiger charge is 2.27. The zero-order valence-corrected chi connectivity index (χ0v) is 11.5. The van der Waals surface area contributed by atoms with Gasteiger partial charge < -0.3 is 20.7 Å². The van der Waals surface area contributed by atoms with Crippen LogP contribution < -0.4 is 11.1 Å². The average molecular weight is 283 g/mol. The number of primary amides is 1. The Bertz CT molecular complexity index is 535. The van der Waals surface area contributed by atoms with Gasteiger partial charge in [-0.2, -0.15) is 0 Å². The van der Waals surface area contributed by atoms with Gasteiger partial charge in [-0.15, -0.1) is 0 Å². The maximum atomic E-state index is 12.1. The van der Waals surface area contributed by atoms with E-state index in [9.17, 15) is 14.4 Å². The second kappa shape index (κ2) is 6.18. The van der Waals surface area contributed by atoms with Crippen molar-refractivity contribution in [1.82, 2.24) is 10.5 Å². The quantitative estimate of drug-likeness (QED) is 0.680. The van der Waals surface area contributed by atoms with E-state index >= 15 is 0 Å². The van der Waals surface area contributed by atoms with Crippen molar-refractivity contribution < 1.29 is 24.0 Å². The van der Waals surface area contributed by atoms with Crippen molar-refractivity contribution in [2.45, 2.75) is 39.2 Å². The molecule has 0 saturated heterocycles. The first-order valence-electron chi connectivity index (χ1n) is 6.02. The first kappa shape index (κ1) is 15.7. The van der Waals surface area contributed by atoms with Gasteiger partial charge in [-0.1, -0.05) is 19.0 Å². The number of hydrogen-bond acceptors (Lipinski definition) is 5. The highest BCUT2D eigenvalue weighted by Crippen LogP contribution is 2.22. The molecule has 0 spiro atoms. The molecule has 0 bridgehead atoms. The topological polar surface area (TPSA) is 136 Å². The number of nitrogens with two attached hydrogens (primary N) is 1. The monoisotopic (exact) mass is 283 g/mol. The Balaban J connectivity index is 2.97. The number of nitrogens with zero attached hydrogens (tertiary/aromatic N) is 1. The molecule has 20 heavy (non-hydrogen) atoms. The van der Waals surface area contributed by atoms with Crippen LogP contribution in [0.5, 0.6) is 0 Å². The van der Waals surface area contributed by atoms with Gasteiger partial charge in [0.05, 0.1) is 12.1 Å². The molecule has 1 atom stereocenters. The van der Waals surface area contributed by atoms with Crippen molar-refractivity contribution in [3.05, 3.63) is 17.0 Å². The first-order valence-corrected chi connectivity index (χ1v) is 6.02. The summed E-state index contributed by atoms with van der Waals surface area (Å²) in [5.74, 6) is -2.53. The van der Waals surface area contributed by atoms with Crippen LogP contribution in [0.4, 0.5) is 0 Å². The molecule has 0 aromatic carbocycles. The zero-order chi connectivity index (χ0) is 15.4. The number of carboxylic acid groups (broad SMARTS) is 1. The number of carbonyl (C=O) groups is 3. The fourth-order valence-electron chi connectivity index (χ4n) is 1.69. The molecule has 8 nitrogen and oxygen atoms in total. The summed E-state index contributed by atoms with van der Waals surface area (Å²) < 4.78 is 5.05. The molecular weight excluding hydrogens is 266 g/mol. The van der Waals surface area contributed by atoms with Gasteiger partial charge in [0.15, 0.2) is 5.76 Å². The van der Waals surface area contributed by atoms with Crippen molar-refractivity contribution in [2.75, 3.05) is 0 Å². The molecule has 1 aromatic heterocycles. The fraction of sp³-hybridized carbons (Fsp3) is 0.500. The Morgan fingerprint density at radius 2 is 2.00 bits per heavy atom. The van der Waals surface area contributed by atoms with Gasteiger partial charge in [0.1, 0.15) is 11.6 Å². The lowest BCUT2D eigenvalue weighted by atomic mass is 10.0. The van der Waals surface area contributed by atoms with E-state index in [0.717, 1.165) is 0 Å². The molecule has 0 radical (unpaired) electrons. The van der Waals surface area contributed by atoms with E-state index < -0.39 is 30.2 Å². The van der Waals surface area contributed by atoms with E-state index in [2.05, 4.69) is 10.5 Å². The molecule has 0 aliphatic heterocycles. The van der Waals surface area contributed by atoms with Crippen molar-refractivity contribution in [1.29, 1.82) is 0 Å². The predicted molar refractivity (Wildman–Crippen MR) is 68.0 cm³/mol. The normalized spacial score (nSPS) is 12.2. The summed E-state index contributed by atoms with van der Waals surface area (Å²) in [5.41, 5.74) is 5.50. The van der Waals surface area contributed by atoms with Crippen LogP contribution in [0.25, 0.3) is 0 Å². The van der Waals surface area contributed by atoms with Crippen molar-refractivity contribution in [3.8, 4) is 0 Å². The number of rotatable bonds is 6. The fourth-order valence-corrected chi connectivity index (χ4v) is 1.69. The van der Waals surface area contributed by atoms with Gasteiger partial charge in [-0.25, -0.2) is 4.79 Å². The highest BCUT2D eigenvalue weighted by molar-refractivity contribution is 5.99. The maximum absolute atomic E-state index is 12.1. The smallest absolute Gasteiger partial charge is 0.326 e. The van der Waals surface area contributed by atoms with E-state index in [1.165, 1.54) is 0 Å². The molecule has 1 aromatic rings. The molecule has 0 aliphatic carbocycles. The molecule has 1 rings (SSSR count). The van der Waals surface area contributed by atoms with E-state index in [1.807, 2.05) is 13.8 Å². The number of hydrogen-bond donors (Lipinski definition) is 3. The van der Waals surface area contributed by atoms with Crippen LogP contribution in [-0.2, 0) is 9.59 Å². The van der Waals surface area contributed by atoms with Gasteiger partial charge >= 0.3 is 5.97 Å². The maximum Gasteiger partial charge on any atom is 0.326 e. The van der Waals surface area contributed by atoms with Crippen LogP contribution in [0.1, 0.15) is 48.0 Å². The summed E-state index contributed by atoms with van der Waals surface area (Å²) in [6, 6.07) is -1.38. The summed E-state index contributed by atoms with van der Waals surface area (Å²) >= 11 is 0. The number of nitrogens with one attached hydrogen (secondary N) is 1. The van der Waals surface area contributed by atoms with E-state index in [1.54, 1.807) is 6.92 Å². The third-order valence-electron chi connectivity index (χ3n) is 2.65. The number of aryl methyl sites for hydroxylation is 1. The number of carbonyl (C=O) groups excluding carboxylic acids is 2. The van der Waals surface area contributed by atoms with E-state index in [0.29, 0.717) is 11.5 Å². The second-order valence-electron chi connectivity index (χ2n) is 4.70. The van der Waals surface area contributed by atoms with Gasteiger partial charge in [-0.3, -0.25) is 9.59 Å². The van der Waals surface area contributed by atoms with Gasteiger partial charge in [-0.05, 0) is 6.92 Å². The summed E-state index contributed by atoms with van der Waals surface area (Å²) in [6.45, 7) is 5.21. The summed E-state index contributed by atoms with van der Waals surface area (Å²) in [5, 5.41) is 14.9. The van der Waals surface area contributed by atoms with Crippen LogP contribution >= 0.6 is 0 Å². The minimum Gasteiger partial charge on any atom is -0.480 e. The highest BCUT2D eigenvalue weighted by atomic mass is 16.5. The van der Waals surface area contributed by atoms with Gasteiger partial charge in [0.25, 0.3) is 5.91 Å². The molecule has 110 valence electrons. The third-order valence-corrected chi connectivity index (χ3v) is 2.65. The largest absolute Gasteiger partial charge is 0.480 e. The van der Waals surface area contributed by atoms with Gasteiger partial charge in [0.2, 0.25) is 5.91 Å². The standard InChI is InChI=1S/C12H17N3O5/c1-5(2)10-9(6(3)15-20-10)11(17)14-7(12(18)19)4-8(13)16/h5,7H,4H2,1-3H3,(H2,13,16)(H,14,17)(H,18,19)/t7-/m1/s1. The van der Waals surface area contributed by atoms with Crippen LogP contribution in [0.15, 0.2) is 4.52 Å². The first-order chi connectivity index (χ1) is 9.23. The second-order valence-corrected chi connectivity index (χ2v) is 4.70. The average Bonchev–Trinajstić information content (AvgIpc) is 2.69. The Hall–Kier alpha value is -2.38. The van der Waals surface area contributed by atoms with E-state index in [4.69, 9.17) is 15.4 Å². The molecular formula is C12H17N3O5. The van der Waals surface area contributed by atoms with Crippen LogP contribution in [-0.4, -0.2) is 34.1 Å². The summed E-state index contributed by atoms with van der Waals surface area (Å²) in [7, 11) is 0. The van der Waals surface area contributed by atoms with E-state index in [-0.39, 0.29) is 11.5 Å². The molecule has 8 heteroatoms. The lowest BCUT2D eigenvalue weighted by Crippen LogP contribution is -2.43. The van der Waals surface area contributed by atoms with Crippen LogP contribution in [0.2, 0.25) is 0 Å². The number of carboxylic acids is 1. The van der Waals surface area contributed by atoms with Gasteiger partial charge in [0, 0.05) is 5.92 Å². The lowest BCUT2D eigenvalue weighted by molar-refractivity contribution is -0.140. The SMILES string of the molecule is Cc1noc(C(C)C)c1C(=O)N[C@H](CC(N)=O)C(=O)O. The Labute approximate surface area is 115 Å². The molecule has 0 aliphatic rings. The Morgan fingerprint density at radius 1 is 1.40 bits per heavy atom. The molecule has 2 amide bonds. The zero-order valence-electron chi connectivity index (χ0n) is 11.5. The predicted octanol–water partition coefficient (Wildman–Crippen LogP) is 0.165. The number of amides is 2. The molecule has 0 unspecified atom stereocenters. The number of aromatic nitrogens is 1. The van der Waals surface area contributed by atoms with Crippen molar-refractivity contribution in [2.24, 2.45) is 5.73 Å². The molecule has 1 heterocycles. The van der Waals surface area contributed by atoms with Crippen LogP contribution in [0, 0.1) is 6.92 Å². The minimum atomic E-state index is -1.38. The Kier molecular flexibility index (Phi) is 4.84. The minimum absolute atomic E-state index is 0.0867. The molecule has 0 saturated carbocycles. The number of aliphatic carboxylic acids is 1. The molecule has 0 fully saturated rings. The lowest BCUT2D eigenvalue weighted by Gasteiger charge is -2.13. The van der Waals surface area contributed by atoms with Crippen LogP contribution in [0.3, 0.4) is 0 Å².